The van der Waals surface area contributed by atoms with E-state index in [0.29, 0.717) is 23.8 Å². The summed E-state index contributed by atoms with van der Waals surface area (Å²) in [5, 5.41) is 13.3. The molecule has 138 valence electrons. The number of nitrogens with zero attached hydrogens (tertiary/aromatic N) is 5. The van der Waals surface area contributed by atoms with E-state index in [2.05, 4.69) is 23.2 Å². The summed E-state index contributed by atoms with van der Waals surface area (Å²) in [7, 11) is 5.87. The maximum absolute atomic E-state index is 12.8. The van der Waals surface area contributed by atoms with Crippen LogP contribution in [0.2, 0.25) is 0 Å². The molecule has 1 aliphatic heterocycles. The fourth-order valence-corrected chi connectivity index (χ4v) is 3.96. The van der Waals surface area contributed by atoms with Gasteiger partial charge in [0.1, 0.15) is 11.8 Å². The van der Waals surface area contributed by atoms with Crippen LogP contribution in [-0.4, -0.2) is 52.7 Å². The number of carbonyl (C=O) groups excluding carboxylic acids is 1. The Kier molecular flexibility index (Phi) is 5.14. The van der Waals surface area contributed by atoms with E-state index in [-0.39, 0.29) is 17.7 Å². The van der Waals surface area contributed by atoms with Crippen molar-refractivity contribution in [2.75, 3.05) is 27.2 Å². The van der Waals surface area contributed by atoms with Crippen LogP contribution in [0.1, 0.15) is 46.3 Å². The molecule has 1 amide bonds. The Morgan fingerprint density at radius 2 is 2.27 bits per heavy atom. The number of rotatable bonds is 4. The Hall–Kier alpha value is -2.59. The van der Waals surface area contributed by atoms with Gasteiger partial charge in [-0.25, -0.2) is 0 Å². The third-order valence-corrected chi connectivity index (χ3v) is 5.19. The molecule has 0 unspecified atom stereocenters. The first-order chi connectivity index (χ1) is 12.4. The molecule has 1 saturated heterocycles. The minimum absolute atomic E-state index is 0.106. The smallest absolute Gasteiger partial charge is 0.257 e. The molecule has 3 heterocycles. The molecule has 2 aromatic rings. The third-order valence-electron chi connectivity index (χ3n) is 5.19. The van der Waals surface area contributed by atoms with Gasteiger partial charge in [0.05, 0.1) is 11.8 Å². The first-order valence-corrected chi connectivity index (χ1v) is 8.85. The number of aryl methyl sites for hydroxylation is 2. The van der Waals surface area contributed by atoms with Crippen LogP contribution in [0.15, 0.2) is 22.9 Å². The molecule has 0 bridgehead atoms. The second kappa shape index (κ2) is 7.34. The Bertz CT molecular complexity index is 831. The lowest BCUT2D eigenvalue weighted by Crippen LogP contribution is -2.42. The van der Waals surface area contributed by atoms with Crippen molar-refractivity contribution in [2.45, 2.75) is 25.8 Å². The standard InChI is InChI=1S/C19H25N5O2/c1-13-17(8-16(9-20)26-13)19(25)23(3)11-14-6-5-7-22(2)18(14)15-10-21-24(4)12-15/h8,10,12,14,18H,5-7,11H2,1-4H3/t14-,18+/m0/s1. The van der Waals surface area contributed by atoms with E-state index in [9.17, 15) is 4.79 Å². The molecule has 0 aromatic carbocycles. The summed E-state index contributed by atoms with van der Waals surface area (Å²) in [5.74, 6) is 0.883. The second-order valence-electron chi connectivity index (χ2n) is 7.15. The summed E-state index contributed by atoms with van der Waals surface area (Å²) >= 11 is 0. The number of likely N-dealkylation sites (tertiary alicyclic amines) is 1. The molecule has 1 aliphatic rings. The molecule has 0 spiro atoms. The highest BCUT2D eigenvalue weighted by Gasteiger charge is 2.33. The Morgan fingerprint density at radius 1 is 1.50 bits per heavy atom. The summed E-state index contributed by atoms with van der Waals surface area (Å²) in [6.07, 6.45) is 6.15. The van der Waals surface area contributed by atoms with Gasteiger partial charge in [0.15, 0.2) is 0 Å². The fourth-order valence-electron chi connectivity index (χ4n) is 3.96. The Labute approximate surface area is 153 Å². The van der Waals surface area contributed by atoms with Gasteiger partial charge in [-0.1, -0.05) is 0 Å². The van der Waals surface area contributed by atoms with Crippen molar-refractivity contribution >= 4 is 5.91 Å². The highest BCUT2D eigenvalue weighted by Crippen LogP contribution is 2.35. The van der Waals surface area contributed by atoms with Gasteiger partial charge >= 0.3 is 0 Å². The van der Waals surface area contributed by atoms with Gasteiger partial charge in [-0.15, -0.1) is 0 Å². The average molecular weight is 355 g/mol. The van der Waals surface area contributed by atoms with Crippen molar-refractivity contribution in [3.05, 3.63) is 41.1 Å². The summed E-state index contributed by atoms with van der Waals surface area (Å²) in [5.41, 5.74) is 1.65. The van der Waals surface area contributed by atoms with Gasteiger partial charge < -0.3 is 9.32 Å². The molecular weight excluding hydrogens is 330 g/mol. The lowest BCUT2D eigenvalue weighted by atomic mass is 9.85. The van der Waals surface area contributed by atoms with Crippen molar-refractivity contribution in [1.82, 2.24) is 19.6 Å². The lowest BCUT2D eigenvalue weighted by Gasteiger charge is -2.40. The molecule has 3 rings (SSSR count). The quantitative estimate of drug-likeness (QED) is 0.841. The van der Waals surface area contributed by atoms with Crippen molar-refractivity contribution in [1.29, 1.82) is 5.26 Å². The highest BCUT2D eigenvalue weighted by atomic mass is 16.3. The summed E-state index contributed by atoms with van der Waals surface area (Å²) in [4.78, 5) is 16.9. The molecule has 0 radical (unpaired) electrons. The van der Waals surface area contributed by atoms with Crippen molar-refractivity contribution in [3.63, 3.8) is 0 Å². The lowest BCUT2D eigenvalue weighted by molar-refractivity contribution is 0.0644. The van der Waals surface area contributed by atoms with Crippen LogP contribution < -0.4 is 0 Å². The van der Waals surface area contributed by atoms with E-state index < -0.39 is 0 Å². The SMILES string of the molecule is Cc1oc(C#N)cc1C(=O)N(C)C[C@@H]1CCCN(C)[C@H]1c1cnn(C)c1. The molecule has 2 aromatic heterocycles. The number of hydrogen-bond acceptors (Lipinski definition) is 5. The topological polar surface area (TPSA) is 78.3 Å². The monoisotopic (exact) mass is 355 g/mol. The number of aromatic nitrogens is 2. The van der Waals surface area contributed by atoms with E-state index in [4.69, 9.17) is 9.68 Å². The molecular formula is C19H25N5O2. The third kappa shape index (κ3) is 3.51. The Morgan fingerprint density at radius 3 is 2.88 bits per heavy atom. The van der Waals surface area contributed by atoms with Crippen LogP contribution >= 0.6 is 0 Å². The normalized spacial score (nSPS) is 20.7. The minimum Gasteiger partial charge on any atom is -0.450 e. The van der Waals surface area contributed by atoms with Gasteiger partial charge in [0.2, 0.25) is 5.76 Å². The maximum atomic E-state index is 12.8. The number of piperidine rings is 1. The van der Waals surface area contributed by atoms with Crippen LogP contribution in [-0.2, 0) is 7.05 Å². The molecule has 1 fully saturated rings. The van der Waals surface area contributed by atoms with Crippen molar-refractivity contribution < 1.29 is 9.21 Å². The maximum Gasteiger partial charge on any atom is 0.257 e. The van der Waals surface area contributed by atoms with Gasteiger partial charge in [-0.05, 0) is 39.3 Å². The number of carbonyl (C=O) groups is 1. The van der Waals surface area contributed by atoms with E-state index in [1.807, 2.05) is 31.0 Å². The Balaban J connectivity index is 1.77. The van der Waals surface area contributed by atoms with E-state index >= 15 is 0 Å². The zero-order chi connectivity index (χ0) is 18.8. The minimum atomic E-state index is -0.106. The fraction of sp³-hybridized carbons (Fsp3) is 0.526. The molecule has 26 heavy (non-hydrogen) atoms. The van der Waals surface area contributed by atoms with Crippen molar-refractivity contribution in [2.24, 2.45) is 13.0 Å². The van der Waals surface area contributed by atoms with Crippen LogP contribution in [0.5, 0.6) is 0 Å². The van der Waals surface area contributed by atoms with Crippen LogP contribution in [0.3, 0.4) is 0 Å². The average Bonchev–Trinajstić information content (AvgIpc) is 3.19. The molecule has 0 saturated carbocycles. The highest BCUT2D eigenvalue weighted by molar-refractivity contribution is 5.95. The molecule has 2 atom stereocenters. The number of nitriles is 1. The first kappa shape index (κ1) is 18.2. The van der Waals surface area contributed by atoms with Crippen molar-refractivity contribution in [3.8, 4) is 6.07 Å². The number of furan rings is 1. The zero-order valence-corrected chi connectivity index (χ0v) is 15.8. The molecule has 7 heteroatoms. The molecule has 7 nitrogen and oxygen atoms in total. The number of amides is 1. The molecule has 0 N–H and O–H groups in total. The van der Waals surface area contributed by atoms with E-state index in [1.165, 1.54) is 11.6 Å². The van der Waals surface area contributed by atoms with Gasteiger partial charge in [-0.3, -0.25) is 14.4 Å². The number of hydrogen-bond donors (Lipinski definition) is 0. The molecule has 0 aliphatic carbocycles. The van der Waals surface area contributed by atoms with Crippen LogP contribution in [0.4, 0.5) is 0 Å². The van der Waals surface area contributed by atoms with E-state index in [0.717, 1.165) is 19.4 Å². The second-order valence-corrected chi connectivity index (χ2v) is 7.15. The van der Waals surface area contributed by atoms with Gasteiger partial charge in [0.25, 0.3) is 5.91 Å². The summed E-state index contributed by atoms with van der Waals surface area (Å²) < 4.78 is 7.13. The van der Waals surface area contributed by atoms with Crippen LogP contribution in [0, 0.1) is 24.2 Å². The van der Waals surface area contributed by atoms with Gasteiger partial charge in [-0.2, -0.15) is 10.4 Å². The van der Waals surface area contributed by atoms with Crippen LogP contribution in [0.25, 0.3) is 0 Å². The largest absolute Gasteiger partial charge is 0.450 e. The van der Waals surface area contributed by atoms with E-state index in [1.54, 1.807) is 11.8 Å². The predicted molar refractivity (Wildman–Crippen MR) is 96.4 cm³/mol. The zero-order valence-electron chi connectivity index (χ0n) is 15.8. The predicted octanol–water partition coefficient (Wildman–Crippen LogP) is 2.35. The first-order valence-electron chi connectivity index (χ1n) is 8.85. The van der Waals surface area contributed by atoms with Gasteiger partial charge in [0, 0.05) is 44.5 Å². The summed E-state index contributed by atoms with van der Waals surface area (Å²) in [6, 6.07) is 3.72. The summed E-state index contributed by atoms with van der Waals surface area (Å²) in [6.45, 7) is 3.41.